The molecule has 0 aliphatic carbocycles. The molecule has 0 spiro atoms. The quantitative estimate of drug-likeness (QED) is 0.607. The average Bonchev–Trinajstić information content (AvgIpc) is 2.54. The Bertz CT molecular complexity index is 872. The maximum atomic E-state index is 6.52. The molecule has 0 heterocycles. The highest BCUT2D eigenvalue weighted by Gasteiger charge is 2.23. The molecule has 0 fully saturated rings. The zero-order valence-electron chi connectivity index (χ0n) is 18.1. The molecule has 2 nitrogen and oxygen atoms in total. The van der Waals surface area contributed by atoms with E-state index in [1.807, 2.05) is 31.2 Å². The minimum atomic E-state index is 0.0100. The van der Waals surface area contributed by atoms with Crippen LogP contribution in [-0.2, 0) is 10.8 Å². The summed E-state index contributed by atoms with van der Waals surface area (Å²) in [6, 6.07) is 14.8. The predicted molar refractivity (Wildman–Crippen MR) is 120 cm³/mol. The molecule has 2 aromatic carbocycles. The highest BCUT2D eigenvalue weighted by Crippen LogP contribution is 2.33. The minimum Gasteiger partial charge on any atom is -0.398 e. The Labute approximate surface area is 165 Å². The number of hydrogen-bond donors (Lipinski definition) is 1. The molecule has 0 radical (unpaired) electrons. The summed E-state index contributed by atoms with van der Waals surface area (Å²) in [5.74, 6) is 0. The van der Waals surface area contributed by atoms with Gasteiger partial charge < -0.3 is 5.73 Å². The van der Waals surface area contributed by atoms with Crippen molar-refractivity contribution in [3.63, 3.8) is 0 Å². The lowest BCUT2D eigenvalue weighted by Crippen LogP contribution is -2.19. The normalized spacial score (nSPS) is 13.8. The Morgan fingerprint density at radius 3 is 2.11 bits per heavy atom. The van der Waals surface area contributed by atoms with E-state index in [1.54, 1.807) is 0 Å². The molecule has 0 saturated heterocycles. The Morgan fingerprint density at radius 1 is 0.926 bits per heavy atom. The third-order valence-corrected chi connectivity index (χ3v) is 4.78. The summed E-state index contributed by atoms with van der Waals surface area (Å²) >= 11 is 0. The first-order valence-corrected chi connectivity index (χ1v) is 9.63. The number of nitrogens with two attached hydrogens (primary N) is 1. The molecular weight excluding hydrogens is 328 g/mol. The summed E-state index contributed by atoms with van der Waals surface area (Å²) in [6.45, 7) is 17.5. The van der Waals surface area contributed by atoms with Gasteiger partial charge in [0.15, 0.2) is 0 Å². The van der Waals surface area contributed by atoms with Crippen LogP contribution in [0, 0.1) is 6.92 Å². The molecule has 2 N–H and O–H groups in total. The van der Waals surface area contributed by atoms with Gasteiger partial charge in [0, 0.05) is 17.0 Å². The Kier molecular flexibility index (Phi) is 5.99. The van der Waals surface area contributed by atoms with Crippen molar-refractivity contribution in [1.82, 2.24) is 0 Å². The van der Waals surface area contributed by atoms with Gasteiger partial charge in [0.1, 0.15) is 0 Å². The number of rotatable bonds is 3. The van der Waals surface area contributed by atoms with E-state index in [9.17, 15) is 0 Å². The van der Waals surface area contributed by atoms with Crippen LogP contribution in [0.5, 0.6) is 0 Å². The summed E-state index contributed by atoms with van der Waals surface area (Å²) in [6.07, 6.45) is 1.98. The van der Waals surface area contributed by atoms with Crippen LogP contribution in [0.4, 0.5) is 5.69 Å². The van der Waals surface area contributed by atoms with Crippen LogP contribution in [0.25, 0.3) is 5.70 Å². The second-order valence-electron chi connectivity index (χ2n) is 9.40. The van der Waals surface area contributed by atoms with Gasteiger partial charge in [-0.2, -0.15) is 0 Å². The van der Waals surface area contributed by atoms with Gasteiger partial charge >= 0.3 is 0 Å². The van der Waals surface area contributed by atoms with Gasteiger partial charge in [-0.05, 0) is 53.5 Å². The van der Waals surface area contributed by atoms with Crippen molar-refractivity contribution in [2.75, 3.05) is 0 Å². The monoisotopic (exact) mass is 362 g/mol. The average molecular weight is 363 g/mol. The molecule has 0 saturated carbocycles. The third-order valence-electron chi connectivity index (χ3n) is 4.78. The second kappa shape index (κ2) is 7.72. The van der Waals surface area contributed by atoms with E-state index in [2.05, 4.69) is 72.7 Å². The summed E-state index contributed by atoms with van der Waals surface area (Å²) in [5.41, 5.74) is 14.1. The number of aliphatic imine (C=N–C) groups is 1. The fourth-order valence-electron chi connectivity index (χ4n) is 3.10. The molecule has 0 unspecified atom stereocenters. The molecule has 0 aliphatic heterocycles. The van der Waals surface area contributed by atoms with Crippen LogP contribution >= 0.6 is 0 Å². The predicted octanol–water partition coefficient (Wildman–Crippen LogP) is 6.68. The van der Waals surface area contributed by atoms with Crippen LogP contribution in [0.15, 0.2) is 53.5 Å². The van der Waals surface area contributed by atoms with Crippen LogP contribution < -0.4 is 5.73 Å². The van der Waals surface area contributed by atoms with Gasteiger partial charge in [0.25, 0.3) is 0 Å². The van der Waals surface area contributed by atoms with E-state index in [-0.39, 0.29) is 10.8 Å². The highest BCUT2D eigenvalue weighted by molar-refractivity contribution is 6.00. The van der Waals surface area contributed by atoms with Gasteiger partial charge in [-0.3, -0.25) is 4.99 Å². The van der Waals surface area contributed by atoms with Gasteiger partial charge in [-0.1, -0.05) is 77.9 Å². The SMILES string of the molecule is CC(/C=C(\N)c1ccc(C(C)(C)C)cc1C(C)(C)C)=Nc1ccccc1C. The summed E-state index contributed by atoms with van der Waals surface area (Å²) < 4.78 is 0. The Balaban J connectivity index is 2.50. The molecule has 144 valence electrons. The van der Waals surface area contributed by atoms with E-state index in [4.69, 9.17) is 10.7 Å². The zero-order valence-corrected chi connectivity index (χ0v) is 18.1. The van der Waals surface area contributed by atoms with Crippen LogP contribution in [0.2, 0.25) is 0 Å². The van der Waals surface area contributed by atoms with E-state index in [1.165, 1.54) is 11.1 Å². The van der Waals surface area contributed by atoms with Crippen molar-refractivity contribution in [1.29, 1.82) is 0 Å². The van der Waals surface area contributed by atoms with Crippen LogP contribution in [0.1, 0.15) is 70.7 Å². The molecule has 0 bridgehead atoms. The maximum absolute atomic E-state index is 6.52. The van der Waals surface area contributed by atoms with Crippen molar-refractivity contribution >= 4 is 17.1 Å². The van der Waals surface area contributed by atoms with E-state index in [0.717, 1.165) is 28.2 Å². The number of aryl methyl sites for hydroxylation is 1. The molecule has 2 rings (SSSR count). The Morgan fingerprint density at radius 2 is 1.56 bits per heavy atom. The molecule has 27 heavy (non-hydrogen) atoms. The van der Waals surface area contributed by atoms with Crippen LogP contribution in [-0.4, -0.2) is 5.71 Å². The summed E-state index contributed by atoms with van der Waals surface area (Å²) in [4.78, 5) is 4.73. The first kappa shape index (κ1) is 21.0. The van der Waals surface area contributed by atoms with Gasteiger partial charge in [-0.15, -0.1) is 0 Å². The minimum absolute atomic E-state index is 0.0100. The molecule has 0 aliphatic rings. The Hall–Kier alpha value is -2.35. The smallest absolute Gasteiger partial charge is 0.0661 e. The molecular formula is C25H34N2. The number of hydrogen-bond acceptors (Lipinski definition) is 2. The van der Waals surface area contributed by atoms with Crippen molar-refractivity contribution < 1.29 is 0 Å². The third kappa shape index (κ3) is 5.32. The number of allylic oxidation sites excluding steroid dienone is 1. The summed E-state index contributed by atoms with van der Waals surface area (Å²) in [5, 5.41) is 0. The fraction of sp³-hybridized carbons (Fsp3) is 0.400. The lowest BCUT2D eigenvalue weighted by atomic mass is 9.78. The first-order chi connectivity index (χ1) is 12.4. The van der Waals surface area contributed by atoms with Crippen molar-refractivity contribution in [3.8, 4) is 0 Å². The number of para-hydroxylation sites is 1. The fourth-order valence-corrected chi connectivity index (χ4v) is 3.10. The highest BCUT2D eigenvalue weighted by atomic mass is 14.7. The summed E-state index contributed by atoms with van der Waals surface area (Å²) in [7, 11) is 0. The molecule has 0 aromatic heterocycles. The lowest BCUT2D eigenvalue weighted by molar-refractivity contribution is 0.567. The van der Waals surface area contributed by atoms with Gasteiger partial charge in [-0.25, -0.2) is 0 Å². The molecule has 2 aromatic rings. The second-order valence-corrected chi connectivity index (χ2v) is 9.40. The molecule has 2 heteroatoms. The largest absolute Gasteiger partial charge is 0.398 e. The van der Waals surface area contributed by atoms with Gasteiger partial charge in [0.2, 0.25) is 0 Å². The zero-order chi connectivity index (χ0) is 20.4. The standard InChI is InChI=1S/C25H34N2/c1-17-11-9-10-12-23(17)27-18(2)15-22(26)20-14-13-19(24(3,4)5)16-21(20)25(6,7)8/h9-16H,26H2,1-8H3/b22-15-,27-18?. The number of nitrogens with zero attached hydrogens (tertiary/aromatic N) is 1. The topological polar surface area (TPSA) is 38.4 Å². The van der Waals surface area contributed by atoms with E-state index in [0.29, 0.717) is 0 Å². The van der Waals surface area contributed by atoms with Gasteiger partial charge in [0.05, 0.1) is 5.69 Å². The van der Waals surface area contributed by atoms with Crippen molar-refractivity contribution in [3.05, 3.63) is 70.8 Å². The van der Waals surface area contributed by atoms with E-state index >= 15 is 0 Å². The van der Waals surface area contributed by atoms with E-state index < -0.39 is 0 Å². The molecule has 0 amide bonds. The van der Waals surface area contributed by atoms with Crippen molar-refractivity contribution in [2.24, 2.45) is 10.7 Å². The number of benzene rings is 2. The maximum Gasteiger partial charge on any atom is 0.0661 e. The first-order valence-electron chi connectivity index (χ1n) is 9.63. The van der Waals surface area contributed by atoms with Crippen molar-refractivity contribution in [2.45, 2.75) is 66.2 Å². The molecule has 0 atom stereocenters. The van der Waals surface area contributed by atoms with Crippen LogP contribution in [0.3, 0.4) is 0 Å². The lowest BCUT2D eigenvalue weighted by Gasteiger charge is -2.27.